The SMILES string of the molecule is COc1ccc(OC)c(C2C3=C(CC(C)(C)CC3=O)N(c3ccccc3)C(=N)/C2=C(/O)c2ccccc2)c1. The molecule has 0 amide bonds. The maximum Gasteiger partial charge on any atom is 0.162 e. The minimum absolute atomic E-state index is 0.00193. The minimum Gasteiger partial charge on any atom is -0.507 e. The number of methoxy groups -OCH3 is 2. The van der Waals surface area contributed by atoms with Gasteiger partial charge in [0.2, 0.25) is 0 Å². The molecule has 38 heavy (non-hydrogen) atoms. The summed E-state index contributed by atoms with van der Waals surface area (Å²) in [5, 5.41) is 21.3. The van der Waals surface area contributed by atoms with E-state index >= 15 is 0 Å². The first-order valence-corrected chi connectivity index (χ1v) is 12.7. The average molecular weight is 509 g/mol. The molecule has 0 radical (unpaired) electrons. The Morgan fingerprint density at radius 1 is 0.947 bits per heavy atom. The minimum atomic E-state index is -0.716. The molecule has 0 saturated carbocycles. The Kier molecular flexibility index (Phi) is 6.57. The van der Waals surface area contributed by atoms with Crippen LogP contribution in [0.3, 0.4) is 0 Å². The van der Waals surface area contributed by atoms with E-state index in [9.17, 15) is 15.3 Å². The molecule has 2 N–H and O–H groups in total. The molecule has 194 valence electrons. The molecule has 1 unspecified atom stereocenters. The lowest BCUT2D eigenvalue weighted by Gasteiger charge is -2.45. The van der Waals surface area contributed by atoms with E-state index in [1.54, 1.807) is 38.5 Å². The molecular weight excluding hydrogens is 476 g/mol. The number of hydrogen-bond acceptors (Lipinski definition) is 5. The van der Waals surface area contributed by atoms with Crippen molar-refractivity contribution in [1.82, 2.24) is 0 Å². The third-order valence-electron chi connectivity index (χ3n) is 7.29. The van der Waals surface area contributed by atoms with Gasteiger partial charge in [-0.15, -0.1) is 0 Å². The first-order chi connectivity index (χ1) is 18.3. The van der Waals surface area contributed by atoms with Crippen LogP contribution in [0, 0.1) is 10.8 Å². The summed E-state index contributed by atoms with van der Waals surface area (Å²) in [6.45, 7) is 4.16. The Bertz CT molecular complexity index is 1460. The van der Waals surface area contributed by atoms with Crippen LogP contribution in [-0.4, -0.2) is 30.9 Å². The Labute approximate surface area is 223 Å². The number of ether oxygens (including phenoxy) is 2. The third kappa shape index (κ3) is 4.36. The zero-order chi connectivity index (χ0) is 27.0. The normalized spacial score (nSPS) is 20.2. The fourth-order valence-corrected chi connectivity index (χ4v) is 5.60. The number of aliphatic hydroxyl groups excluding tert-OH is 1. The van der Waals surface area contributed by atoms with Crippen molar-refractivity contribution in [3.05, 3.63) is 107 Å². The number of anilines is 1. The molecule has 3 aromatic rings. The molecule has 0 aromatic heterocycles. The van der Waals surface area contributed by atoms with Crippen LogP contribution in [0.25, 0.3) is 5.76 Å². The molecule has 1 heterocycles. The number of hydrogen-bond donors (Lipinski definition) is 2. The van der Waals surface area contributed by atoms with E-state index in [-0.39, 0.29) is 22.8 Å². The number of allylic oxidation sites excluding steroid dienone is 2. The van der Waals surface area contributed by atoms with Gasteiger partial charge < -0.3 is 14.6 Å². The van der Waals surface area contributed by atoms with Gasteiger partial charge in [0.1, 0.15) is 23.1 Å². The van der Waals surface area contributed by atoms with E-state index < -0.39 is 5.92 Å². The maximum atomic E-state index is 14.0. The van der Waals surface area contributed by atoms with Crippen LogP contribution in [0.4, 0.5) is 5.69 Å². The Morgan fingerprint density at radius 3 is 2.24 bits per heavy atom. The van der Waals surface area contributed by atoms with Gasteiger partial charge in [0.15, 0.2) is 5.78 Å². The highest BCUT2D eigenvalue weighted by atomic mass is 16.5. The van der Waals surface area contributed by atoms with Gasteiger partial charge in [-0.1, -0.05) is 62.4 Å². The second-order valence-corrected chi connectivity index (χ2v) is 10.5. The van der Waals surface area contributed by atoms with Gasteiger partial charge in [-0.05, 0) is 42.2 Å². The predicted octanol–water partition coefficient (Wildman–Crippen LogP) is 6.90. The van der Waals surface area contributed by atoms with Crippen molar-refractivity contribution in [2.75, 3.05) is 19.1 Å². The molecule has 3 aromatic carbocycles. The van der Waals surface area contributed by atoms with Gasteiger partial charge in [-0.25, -0.2) is 0 Å². The lowest BCUT2D eigenvalue weighted by atomic mass is 9.67. The number of ketones is 1. The van der Waals surface area contributed by atoms with E-state index in [0.717, 1.165) is 11.4 Å². The number of carbonyl (C=O) groups is 1. The van der Waals surface area contributed by atoms with E-state index in [1.807, 2.05) is 59.5 Å². The van der Waals surface area contributed by atoms with E-state index in [4.69, 9.17) is 9.47 Å². The zero-order valence-corrected chi connectivity index (χ0v) is 22.1. The van der Waals surface area contributed by atoms with Crippen LogP contribution in [0.15, 0.2) is 95.7 Å². The number of Topliss-reactive ketones (excluding diaryl/α,β-unsaturated/α-hetero) is 1. The monoisotopic (exact) mass is 508 g/mol. The molecule has 0 spiro atoms. The fourth-order valence-electron chi connectivity index (χ4n) is 5.60. The number of rotatable bonds is 5. The third-order valence-corrected chi connectivity index (χ3v) is 7.29. The van der Waals surface area contributed by atoms with Crippen molar-refractivity contribution in [3.63, 3.8) is 0 Å². The van der Waals surface area contributed by atoms with E-state index in [1.165, 1.54) is 0 Å². The van der Waals surface area contributed by atoms with Crippen molar-refractivity contribution >= 4 is 23.1 Å². The smallest absolute Gasteiger partial charge is 0.162 e. The summed E-state index contributed by atoms with van der Waals surface area (Å²) in [6.07, 6.45) is 0.970. The van der Waals surface area contributed by atoms with Crippen LogP contribution in [-0.2, 0) is 4.79 Å². The molecule has 1 aliphatic carbocycles. The van der Waals surface area contributed by atoms with Crippen molar-refractivity contribution in [2.24, 2.45) is 5.41 Å². The summed E-state index contributed by atoms with van der Waals surface area (Å²) < 4.78 is 11.3. The molecule has 5 rings (SSSR count). The van der Waals surface area contributed by atoms with Crippen molar-refractivity contribution in [3.8, 4) is 11.5 Å². The number of nitrogens with zero attached hydrogens (tertiary/aromatic N) is 1. The Balaban J connectivity index is 1.90. The van der Waals surface area contributed by atoms with Crippen LogP contribution >= 0.6 is 0 Å². The number of benzene rings is 3. The predicted molar refractivity (Wildman–Crippen MR) is 150 cm³/mol. The molecule has 6 heteroatoms. The quantitative estimate of drug-likeness (QED) is 0.367. The highest BCUT2D eigenvalue weighted by Crippen LogP contribution is 2.53. The molecular formula is C32H32N2O4. The molecule has 6 nitrogen and oxygen atoms in total. The van der Waals surface area contributed by atoms with Gasteiger partial charge in [0.25, 0.3) is 0 Å². The first kappa shape index (κ1) is 25.3. The topological polar surface area (TPSA) is 82.9 Å². The summed E-state index contributed by atoms with van der Waals surface area (Å²) in [7, 11) is 3.17. The highest BCUT2D eigenvalue weighted by Gasteiger charge is 2.47. The van der Waals surface area contributed by atoms with Crippen LogP contribution < -0.4 is 14.4 Å². The molecule has 1 aliphatic heterocycles. The van der Waals surface area contributed by atoms with Crippen molar-refractivity contribution in [1.29, 1.82) is 5.41 Å². The number of para-hydroxylation sites is 1. The number of aliphatic hydroxyl groups is 1. The summed E-state index contributed by atoms with van der Waals surface area (Å²) >= 11 is 0. The van der Waals surface area contributed by atoms with Crippen molar-refractivity contribution in [2.45, 2.75) is 32.6 Å². The first-order valence-electron chi connectivity index (χ1n) is 12.7. The molecule has 2 aliphatic rings. The summed E-state index contributed by atoms with van der Waals surface area (Å²) in [5.41, 5.74) is 3.43. The summed E-state index contributed by atoms with van der Waals surface area (Å²) in [6, 6.07) is 24.2. The average Bonchev–Trinajstić information content (AvgIpc) is 2.92. The molecule has 1 atom stereocenters. The zero-order valence-electron chi connectivity index (χ0n) is 22.1. The van der Waals surface area contributed by atoms with Gasteiger partial charge in [-0.2, -0.15) is 0 Å². The van der Waals surface area contributed by atoms with Gasteiger partial charge in [-0.3, -0.25) is 15.1 Å². The largest absolute Gasteiger partial charge is 0.507 e. The standard InChI is InChI=1S/C32H32N2O4/c1-32(2)18-24-28(25(35)19-32)27(23-17-22(37-3)15-16-26(23)38-4)29(30(36)20-11-7-5-8-12-20)31(33)34(24)21-13-9-6-10-14-21/h5-17,27,33,36H,18-19H2,1-4H3/b30-29+,33-31?. The number of carbonyl (C=O) groups excluding carboxylic acids is 1. The summed E-state index contributed by atoms with van der Waals surface area (Å²) in [5.74, 6) is 0.512. The lowest BCUT2D eigenvalue weighted by molar-refractivity contribution is -0.118. The Hall–Kier alpha value is -4.32. The van der Waals surface area contributed by atoms with Gasteiger partial charge in [0.05, 0.1) is 20.1 Å². The molecule has 0 saturated heterocycles. The number of nitrogens with one attached hydrogen (secondary N) is 1. The Morgan fingerprint density at radius 2 is 1.61 bits per heavy atom. The van der Waals surface area contributed by atoms with Crippen LogP contribution in [0.2, 0.25) is 0 Å². The molecule has 0 bridgehead atoms. The maximum absolute atomic E-state index is 14.0. The highest BCUT2D eigenvalue weighted by molar-refractivity contribution is 6.19. The van der Waals surface area contributed by atoms with Crippen LogP contribution in [0.5, 0.6) is 11.5 Å². The fraction of sp³-hybridized carbons (Fsp3) is 0.250. The second-order valence-electron chi connectivity index (χ2n) is 10.5. The lowest BCUT2D eigenvalue weighted by Crippen LogP contribution is -2.45. The number of amidine groups is 1. The van der Waals surface area contributed by atoms with Crippen LogP contribution in [0.1, 0.15) is 43.7 Å². The molecule has 0 fully saturated rings. The van der Waals surface area contributed by atoms with Gasteiger partial charge >= 0.3 is 0 Å². The van der Waals surface area contributed by atoms with E-state index in [0.29, 0.717) is 46.6 Å². The van der Waals surface area contributed by atoms with Gasteiger partial charge in [0, 0.05) is 40.1 Å². The van der Waals surface area contributed by atoms with E-state index in [2.05, 4.69) is 13.8 Å². The second kappa shape index (κ2) is 9.86. The summed E-state index contributed by atoms with van der Waals surface area (Å²) in [4.78, 5) is 15.9. The van der Waals surface area contributed by atoms with Crippen molar-refractivity contribution < 1.29 is 19.4 Å².